The molecule has 20 heavy (non-hydrogen) atoms. The fourth-order valence-electron chi connectivity index (χ4n) is 2.63. The van der Waals surface area contributed by atoms with Crippen molar-refractivity contribution in [1.82, 2.24) is 14.9 Å². The lowest BCUT2D eigenvalue weighted by molar-refractivity contribution is 0.226. The molecule has 0 bridgehead atoms. The Balaban J connectivity index is 1.88. The van der Waals surface area contributed by atoms with Gasteiger partial charge < -0.3 is 10.6 Å². The Hall–Kier alpha value is -1.20. The van der Waals surface area contributed by atoms with Gasteiger partial charge in [0.15, 0.2) is 0 Å². The van der Waals surface area contributed by atoms with Gasteiger partial charge in [-0.15, -0.1) is 0 Å². The summed E-state index contributed by atoms with van der Waals surface area (Å²) in [5.41, 5.74) is 6.85. The second-order valence-electron chi connectivity index (χ2n) is 5.75. The Morgan fingerprint density at radius 2 is 2.00 bits per heavy atom. The van der Waals surface area contributed by atoms with Crippen molar-refractivity contribution in [3.05, 3.63) is 18.1 Å². The Bertz CT molecular complexity index is 401. The highest BCUT2D eigenvalue weighted by Crippen LogP contribution is 2.15. The molecule has 1 atom stereocenters. The predicted molar refractivity (Wildman–Crippen MR) is 82.9 cm³/mol. The molecule has 2 rings (SSSR count). The van der Waals surface area contributed by atoms with Gasteiger partial charge in [0.1, 0.15) is 12.1 Å². The summed E-state index contributed by atoms with van der Waals surface area (Å²) in [5.74, 6) is 1.66. The van der Waals surface area contributed by atoms with E-state index in [0.717, 1.165) is 63.6 Å². The van der Waals surface area contributed by atoms with E-state index in [-0.39, 0.29) is 0 Å². The third kappa shape index (κ3) is 4.15. The molecular weight excluding hydrogens is 250 g/mol. The lowest BCUT2D eigenvalue weighted by Crippen LogP contribution is -2.48. The summed E-state index contributed by atoms with van der Waals surface area (Å²) in [4.78, 5) is 13.6. The maximum atomic E-state index is 5.70. The van der Waals surface area contributed by atoms with Crippen LogP contribution in [0, 0.1) is 5.92 Å². The molecule has 1 aromatic heterocycles. The minimum Gasteiger partial charge on any atom is -0.354 e. The van der Waals surface area contributed by atoms with Gasteiger partial charge in [0.2, 0.25) is 0 Å². The topological polar surface area (TPSA) is 58.3 Å². The highest BCUT2D eigenvalue weighted by atomic mass is 15.3. The van der Waals surface area contributed by atoms with Crippen LogP contribution in [0.5, 0.6) is 0 Å². The minimum absolute atomic E-state index is 0.580. The first-order valence-electron chi connectivity index (χ1n) is 7.71. The van der Waals surface area contributed by atoms with Crippen LogP contribution in [0.1, 0.15) is 26.0 Å². The second kappa shape index (κ2) is 7.55. The number of aryl methyl sites for hydroxylation is 1. The van der Waals surface area contributed by atoms with Crippen LogP contribution in [0.4, 0.5) is 5.82 Å². The van der Waals surface area contributed by atoms with E-state index in [9.17, 15) is 0 Å². The van der Waals surface area contributed by atoms with E-state index >= 15 is 0 Å². The fourth-order valence-corrected chi connectivity index (χ4v) is 2.63. The molecule has 5 heteroatoms. The molecule has 1 aliphatic rings. The molecule has 1 unspecified atom stereocenters. The zero-order valence-corrected chi connectivity index (χ0v) is 12.8. The average Bonchev–Trinajstić information content (AvgIpc) is 2.48. The smallest absolute Gasteiger partial charge is 0.132 e. The predicted octanol–water partition coefficient (Wildman–Crippen LogP) is 1.15. The van der Waals surface area contributed by atoms with Crippen LogP contribution in [-0.2, 0) is 6.42 Å². The monoisotopic (exact) mass is 277 g/mol. The highest BCUT2D eigenvalue weighted by Gasteiger charge is 2.19. The van der Waals surface area contributed by atoms with Crippen molar-refractivity contribution >= 4 is 5.82 Å². The summed E-state index contributed by atoms with van der Waals surface area (Å²) in [5, 5.41) is 0. The number of nitrogens with two attached hydrogens (primary N) is 1. The number of piperazine rings is 1. The molecule has 0 spiro atoms. The maximum Gasteiger partial charge on any atom is 0.132 e. The first-order valence-corrected chi connectivity index (χ1v) is 7.71. The van der Waals surface area contributed by atoms with Crippen LogP contribution in [0.3, 0.4) is 0 Å². The third-order valence-electron chi connectivity index (χ3n) is 3.88. The van der Waals surface area contributed by atoms with E-state index in [4.69, 9.17) is 5.73 Å². The van der Waals surface area contributed by atoms with E-state index < -0.39 is 0 Å². The fraction of sp³-hybridized carbons (Fsp3) is 0.733. The molecule has 0 radical (unpaired) electrons. The van der Waals surface area contributed by atoms with Crippen molar-refractivity contribution in [3.63, 3.8) is 0 Å². The van der Waals surface area contributed by atoms with Crippen LogP contribution in [0.25, 0.3) is 0 Å². The van der Waals surface area contributed by atoms with Crippen molar-refractivity contribution in [2.75, 3.05) is 44.2 Å². The quantitative estimate of drug-likeness (QED) is 0.845. The van der Waals surface area contributed by atoms with E-state index in [1.165, 1.54) is 0 Å². The highest BCUT2D eigenvalue weighted by molar-refractivity contribution is 5.39. The molecule has 1 aliphatic heterocycles. The van der Waals surface area contributed by atoms with Gasteiger partial charge in [0, 0.05) is 44.5 Å². The van der Waals surface area contributed by atoms with Crippen LogP contribution in [0.2, 0.25) is 0 Å². The van der Waals surface area contributed by atoms with Crippen LogP contribution in [0.15, 0.2) is 12.4 Å². The molecule has 0 aromatic carbocycles. The summed E-state index contributed by atoms with van der Waals surface area (Å²) < 4.78 is 0. The molecule has 0 amide bonds. The summed E-state index contributed by atoms with van der Waals surface area (Å²) in [7, 11) is 0. The Labute approximate surface area is 122 Å². The van der Waals surface area contributed by atoms with Crippen molar-refractivity contribution in [3.8, 4) is 0 Å². The number of anilines is 1. The first-order chi connectivity index (χ1) is 9.72. The van der Waals surface area contributed by atoms with Gasteiger partial charge in [-0.25, -0.2) is 9.97 Å². The van der Waals surface area contributed by atoms with E-state index in [1.54, 1.807) is 6.33 Å². The minimum atomic E-state index is 0.580. The molecule has 112 valence electrons. The average molecular weight is 277 g/mol. The van der Waals surface area contributed by atoms with E-state index in [1.807, 2.05) is 0 Å². The maximum absolute atomic E-state index is 5.70. The molecule has 1 saturated heterocycles. The summed E-state index contributed by atoms with van der Waals surface area (Å²) in [6.45, 7) is 10.5. The number of aromatic nitrogens is 2. The third-order valence-corrected chi connectivity index (χ3v) is 3.88. The van der Waals surface area contributed by atoms with Crippen molar-refractivity contribution < 1.29 is 0 Å². The Kier molecular flexibility index (Phi) is 5.73. The molecule has 5 nitrogen and oxygen atoms in total. The van der Waals surface area contributed by atoms with Gasteiger partial charge in [-0.2, -0.15) is 0 Å². The Morgan fingerprint density at radius 3 is 2.65 bits per heavy atom. The van der Waals surface area contributed by atoms with Crippen molar-refractivity contribution in [2.24, 2.45) is 11.7 Å². The zero-order chi connectivity index (χ0) is 14.4. The van der Waals surface area contributed by atoms with Gasteiger partial charge in [-0.3, -0.25) is 4.90 Å². The molecule has 0 aliphatic carbocycles. The van der Waals surface area contributed by atoms with Gasteiger partial charge in [0.25, 0.3) is 0 Å². The molecule has 1 fully saturated rings. The number of hydrogen-bond acceptors (Lipinski definition) is 5. The number of hydrogen-bond donors (Lipinski definition) is 1. The normalized spacial score (nSPS) is 18.2. The number of nitrogens with zero attached hydrogens (tertiary/aromatic N) is 4. The van der Waals surface area contributed by atoms with Crippen LogP contribution in [-0.4, -0.2) is 54.1 Å². The zero-order valence-electron chi connectivity index (χ0n) is 12.8. The van der Waals surface area contributed by atoms with Gasteiger partial charge in [-0.1, -0.05) is 20.3 Å². The SMILES string of the molecule is CCCc1cc(N2CCN(CC(C)CN)CC2)ncn1. The van der Waals surface area contributed by atoms with Crippen molar-refractivity contribution in [2.45, 2.75) is 26.7 Å². The van der Waals surface area contributed by atoms with Crippen molar-refractivity contribution in [1.29, 1.82) is 0 Å². The Morgan fingerprint density at radius 1 is 1.25 bits per heavy atom. The van der Waals surface area contributed by atoms with Gasteiger partial charge in [-0.05, 0) is 18.9 Å². The molecular formula is C15H27N5. The van der Waals surface area contributed by atoms with Gasteiger partial charge >= 0.3 is 0 Å². The van der Waals surface area contributed by atoms with E-state index in [0.29, 0.717) is 5.92 Å². The van der Waals surface area contributed by atoms with Gasteiger partial charge in [0.05, 0.1) is 0 Å². The second-order valence-corrected chi connectivity index (χ2v) is 5.75. The summed E-state index contributed by atoms with van der Waals surface area (Å²) in [6, 6.07) is 2.14. The summed E-state index contributed by atoms with van der Waals surface area (Å²) >= 11 is 0. The molecule has 2 N–H and O–H groups in total. The summed E-state index contributed by atoms with van der Waals surface area (Å²) in [6.07, 6.45) is 3.86. The molecule has 0 saturated carbocycles. The molecule has 2 heterocycles. The first kappa shape index (κ1) is 15.2. The van der Waals surface area contributed by atoms with Crippen LogP contribution < -0.4 is 10.6 Å². The van der Waals surface area contributed by atoms with Crippen LogP contribution >= 0.6 is 0 Å². The lowest BCUT2D eigenvalue weighted by Gasteiger charge is -2.36. The molecule has 1 aromatic rings. The standard InChI is InChI=1S/C15H27N5/c1-3-4-14-9-15(18-12-17-14)20-7-5-19(6-8-20)11-13(2)10-16/h9,12-13H,3-8,10-11,16H2,1-2H3. The van der Waals surface area contributed by atoms with E-state index in [2.05, 4.69) is 39.7 Å². The number of rotatable bonds is 6. The lowest BCUT2D eigenvalue weighted by atomic mass is 10.1. The largest absolute Gasteiger partial charge is 0.354 e.